The summed E-state index contributed by atoms with van der Waals surface area (Å²) < 4.78 is 0. The molecule has 1 N–H and O–H groups in total. The number of nitrogens with one attached hydrogen (secondary N) is 1. The largest absolute Gasteiger partial charge is 0.369 e. The molecule has 3 aromatic rings. The van der Waals surface area contributed by atoms with Crippen molar-refractivity contribution >= 4 is 16.6 Å². The van der Waals surface area contributed by atoms with Crippen molar-refractivity contribution in [2.24, 2.45) is 0 Å². The zero-order chi connectivity index (χ0) is 16.4. The number of pyridine rings is 1. The van der Waals surface area contributed by atoms with Gasteiger partial charge in [0.25, 0.3) is 0 Å². The van der Waals surface area contributed by atoms with Crippen LogP contribution in [0.2, 0.25) is 0 Å². The van der Waals surface area contributed by atoms with Crippen LogP contribution >= 0.6 is 0 Å². The van der Waals surface area contributed by atoms with E-state index in [-0.39, 0.29) is 5.43 Å². The average molecular weight is 319 g/mol. The van der Waals surface area contributed by atoms with Crippen molar-refractivity contribution in [3.63, 3.8) is 0 Å². The maximum absolute atomic E-state index is 12.0. The van der Waals surface area contributed by atoms with Crippen molar-refractivity contribution in [2.45, 2.75) is 6.54 Å². The van der Waals surface area contributed by atoms with E-state index in [0.717, 1.165) is 49.3 Å². The van der Waals surface area contributed by atoms with Crippen LogP contribution in [-0.4, -0.2) is 36.1 Å². The third-order valence-corrected chi connectivity index (χ3v) is 4.73. The third kappa shape index (κ3) is 3.05. The van der Waals surface area contributed by atoms with Crippen molar-refractivity contribution in [2.75, 3.05) is 31.1 Å². The summed E-state index contributed by atoms with van der Waals surface area (Å²) in [5.41, 5.74) is 3.48. The fourth-order valence-corrected chi connectivity index (χ4v) is 3.36. The number of hydrogen-bond donors (Lipinski definition) is 1. The van der Waals surface area contributed by atoms with Crippen LogP contribution in [-0.2, 0) is 6.54 Å². The maximum atomic E-state index is 12.0. The molecule has 4 rings (SSSR count). The van der Waals surface area contributed by atoms with E-state index < -0.39 is 0 Å². The molecule has 4 nitrogen and oxygen atoms in total. The first-order valence-corrected chi connectivity index (χ1v) is 8.42. The molecule has 1 aliphatic heterocycles. The van der Waals surface area contributed by atoms with Gasteiger partial charge in [-0.3, -0.25) is 9.69 Å². The zero-order valence-electron chi connectivity index (χ0n) is 13.6. The summed E-state index contributed by atoms with van der Waals surface area (Å²) in [5.74, 6) is 0. The molecule has 4 heteroatoms. The van der Waals surface area contributed by atoms with Crippen LogP contribution in [0.3, 0.4) is 0 Å². The lowest BCUT2D eigenvalue weighted by Gasteiger charge is -2.36. The van der Waals surface area contributed by atoms with Crippen molar-refractivity contribution < 1.29 is 0 Å². The number of hydrogen-bond acceptors (Lipinski definition) is 3. The Kier molecular flexibility index (Phi) is 4.05. The Bertz CT molecular complexity index is 880. The molecule has 1 saturated heterocycles. The number of nitrogens with zero attached hydrogens (tertiary/aromatic N) is 2. The Balaban J connectivity index is 1.46. The van der Waals surface area contributed by atoms with E-state index >= 15 is 0 Å². The standard InChI is InChI=1S/C20H21N3O/c24-20-8-9-21-19-7-6-17(14-18(19)20)23-12-10-22(11-13-23)15-16-4-2-1-3-5-16/h1-9,14H,10-13,15H2,(H,21,24). The van der Waals surface area contributed by atoms with Gasteiger partial charge in [-0.2, -0.15) is 0 Å². The van der Waals surface area contributed by atoms with E-state index in [1.54, 1.807) is 12.3 Å². The van der Waals surface area contributed by atoms with Crippen LogP contribution in [0.25, 0.3) is 10.9 Å². The average Bonchev–Trinajstić information content (AvgIpc) is 2.63. The summed E-state index contributed by atoms with van der Waals surface area (Å²) in [7, 11) is 0. The highest BCUT2D eigenvalue weighted by atomic mass is 16.1. The Morgan fingerprint density at radius 2 is 1.71 bits per heavy atom. The lowest BCUT2D eigenvalue weighted by Crippen LogP contribution is -2.46. The third-order valence-electron chi connectivity index (χ3n) is 4.73. The molecule has 0 unspecified atom stereocenters. The number of piperazine rings is 1. The first-order chi connectivity index (χ1) is 11.8. The summed E-state index contributed by atoms with van der Waals surface area (Å²) in [6.07, 6.45) is 1.70. The van der Waals surface area contributed by atoms with Gasteiger partial charge >= 0.3 is 0 Å². The molecule has 2 aromatic carbocycles. The highest BCUT2D eigenvalue weighted by Gasteiger charge is 2.17. The SMILES string of the molecule is O=c1cc[nH]c2ccc(N3CCN(Cc4ccccc4)CC3)cc12. The van der Waals surface area contributed by atoms with Gasteiger partial charge in [-0.25, -0.2) is 0 Å². The predicted molar refractivity (Wildman–Crippen MR) is 98.5 cm³/mol. The number of aromatic amines is 1. The van der Waals surface area contributed by atoms with Gasteiger partial charge in [0.2, 0.25) is 0 Å². The molecule has 24 heavy (non-hydrogen) atoms. The highest BCUT2D eigenvalue weighted by molar-refractivity contribution is 5.82. The monoisotopic (exact) mass is 319 g/mol. The summed E-state index contributed by atoms with van der Waals surface area (Å²) in [5, 5.41) is 0.765. The normalized spacial score (nSPS) is 15.8. The van der Waals surface area contributed by atoms with E-state index in [9.17, 15) is 4.79 Å². The lowest BCUT2D eigenvalue weighted by atomic mass is 10.1. The molecule has 2 heterocycles. The molecule has 0 saturated carbocycles. The first kappa shape index (κ1) is 15.0. The van der Waals surface area contributed by atoms with Gasteiger partial charge < -0.3 is 9.88 Å². The van der Waals surface area contributed by atoms with Crippen LogP contribution in [0.1, 0.15) is 5.56 Å². The minimum Gasteiger partial charge on any atom is -0.369 e. The molecule has 0 bridgehead atoms. The van der Waals surface area contributed by atoms with Gasteiger partial charge in [-0.15, -0.1) is 0 Å². The molecule has 0 aliphatic carbocycles. The van der Waals surface area contributed by atoms with E-state index in [2.05, 4.69) is 51.2 Å². The second-order valence-electron chi connectivity index (χ2n) is 6.32. The quantitative estimate of drug-likeness (QED) is 0.807. The fourth-order valence-electron chi connectivity index (χ4n) is 3.36. The zero-order valence-corrected chi connectivity index (χ0v) is 13.6. The lowest BCUT2D eigenvalue weighted by molar-refractivity contribution is 0.250. The number of benzene rings is 2. The highest BCUT2D eigenvalue weighted by Crippen LogP contribution is 2.20. The number of fused-ring (bicyclic) bond motifs is 1. The molecule has 122 valence electrons. The van der Waals surface area contributed by atoms with E-state index in [0.29, 0.717) is 0 Å². The van der Waals surface area contributed by atoms with Crippen LogP contribution < -0.4 is 10.3 Å². The minimum atomic E-state index is 0.0771. The van der Waals surface area contributed by atoms with Crippen molar-refractivity contribution in [3.8, 4) is 0 Å². The van der Waals surface area contributed by atoms with Crippen molar-refractivity contribution in [3.05, 3.63) is 76.6 Å². The summed E-state index contributed by atoms with van der Waals surface area (Å²) >= 11 is 0. The van der Waals surface area contributed by atoms with Gasteiger partial charge in [0.15, 0.2) is 5.43 Å². The van der Waals surface area contributed by atoms with Gasteiger partial charge in [-0.1, -0.05) is 30.3 Å². The Morgan fingerprint density at radius 1 is 0.917 bits per heavy atom. The molecule has 0 amide bonds. The second kappa shape index (κ2) is 6.49. The molecule has 0 atom stereocenters. The van der Waals surface area contributed by atoms with Crippen molar-refractivity contribution in [1.82, 2.24) is 9.88 Å². The van der Waals surface area contributed by atoms with Crippen LogP contribution in [0.15, 0.2) is 65.6 Å². The topological polar surface area (TPSA) is 39.3 Å². The van der Waals surface area contributed by atoms with Crippen LogP contribution in [0.4, 0.5) is 5.69 Å². The number of aromatic nitrogens is 1. The molecular formula is C20H21N3O. The molecule has 0 spiro atoms. The molecule has 1 aliphatic rings. The van der Waals surface area contributed by atoms with E-state index in [1.807, 2.05) is 12.1 Å². The van der Waals surface area contributed by atoms with Gasteiger partial charge in [0.05, 0.1) is 0 Å². The molecular weight excluding hydrogens is 298 g/mol. The summed E-state index contributed by atoms with van der Waals surface area (Å²) in [6, 6.07) is 18.3. The van der Waals surface area contributed by atoms with Gasteiger partial charge in [-0.05, 0) is 23.8 Å². The van der Waals surface area contributed by atoms with E-state index in [4.69, 9.17) is 0 Å². The smallest absolute Gasteiger partial charge is 0.189 e. The Labute approximate surface area is 141 Å². The van der Waals surface area contributed by atoms with Crippen LogP contribution in [0, 0.1) is 0 Å². The van der Waals surface area contributed by atoms with Gasteiger partial charge in [0, 0.05) is 61.6 Å². The van der Waals surface area contributed by atoms with E-state index in [1.165, 1.54) is 5.56 Å². The fraction of sp³-hybridized carbons (Fsp3) is 0.250. The summed E-state index contributed by atoms with van der Waals surface area (Å²) in [4.78, 5) is 20.0. The van der Waals surface area contributed by atoms with Gasteiger partial charge in [0.1, 0.15) is 0 Å². The predicted octanol–water partition coefficient (Wildman–Crippen LogP) is 2.85. The Morgan fingerprint density at radius 3 is 2.50 bits per heavy atom. The molecule has 0 radical (unpaired) electrons. The maximum Gasteiger partial charge on any atom is 0.189 e. The van der Waals surface area contributed by atoms with Crippen LogP contribution in [0.5, 0.6) is 0 Å². The second-order valence-corrected chi connectivity index (χ2v) is 6.32. The summed E-state index contributed by atoms with van der Waals surface area (Å²) in [6.45, 7) is 5.06. The minimum absolute atomic E-state index is 0.0771. The Hall–Kier alpha value is -2.59. The molecule has 1 fully saturated rings. The number of H-pyrrole nitrogens is 1. The first-order valence-electron chi connectivity index (χ1n) is 8.42. The molecule has 1 aromatic heterocycles. The number of rotatable bonds is 3. The number of anilines is 1. The van der Waals surface area contributed by atoms with Crippen molar-refractivity contribution in [1.29, 1.82) is 0 Å².